The summed E-state index contributed by atoms with van der Waals surface area (Å²) in [5, 5.41) is 12.2. The van der Waals surface area contributed by atoms with Gasteiger partial charge in [0, 0.05) is 17.3 Å². The molecule has 1 aliphatic heterocycles. The number of aromatic nitrogens is 2. The Kier molecular flexibility index (Phi) is 6.08. The van der Waals surface area contributed by atoms with E-state index in [-0.39, 0.29) is 14.9 Å². The van der Waals surface area contributed by atoms with Gasteiger partial charge in [-0.25, -0.2) is 8.42 Å². The zero-order valence-electron chi connectivity index (χ0n) is 15.5. The summed E-state index contributed by atoms with van der Waals surface area (Å²) in [7, 11) is -3.80. The van der Waals surface area contributed by atoms with E-state index in [1.165, 1.54) is 10.4 Å². The second-order valence-corrected chi connectivity index (χ2v) is 10.3. The van der Waals surface area contributed by atoms with Crippen LogP contribution in [-0.4, -0.2) is 35.4 Å². The van der Waals surface area contributed by atoms with Gasteiger partial charge in [0.25, 0.3) is 5.91 Å². The molecular formula is C19H16Cl2N4O3S2. The Balaban J connectivity index is 1.55. The van der Waals surface area contributed by atoms with Crippen molar-refractivity contribution < 1.29 is 13.2 Å². The molecule has 11 heteroatoms. The summed E-state index contributed by atoms with van der Waals surface area (Å²) >= 11 is 13.1. The second kappa shape index (κ2) is 8.60. The number of amides is 1. The van der Waals surface area contributed by atoms with Crippen molar-refractivity contribution >= 4 is 56.2 Å². The number of halogens is 2. The molecule has 1 fully saturated rings. The molecule has 1 unspecified atom stereocenters. The van der Waals surface area contributed by atoms with E-state index in [2.05, 4.69) is 15.5 Å². The molecule has 7 nitrogen and oxygen atoms in total. The van der Waals surface area contributed by atoms with Gasteiger partial charge in [0.05, 0.1) is 11.1 Å². The second-order valence-electron chi connectivity index (χ2n) is 6.61. The molecule has 1 aliphatic rings. The highest BCUT2D eigenvalue weighted by Gasteiger charge is 2.39. The molecule has 0 spiro atoms. The zero-order valence-corrected chi connectivity index (χ0v) is 18.6. The summed E-state index contributed by atoms with van der Waals surface area (Å²) in [6.07, 6.45) is 1.28. The summed E-state index contributed by atoms with van der Waals surface area (Å²) in [5.74, 6) is -0.417. The van der Waals surface area contributed by atoms with E-state index in [1.807, 2.05) is 0 Å². The largest absolute Gasteiger partial charge is 0.320 e. The van der Waals surface area contributed by atoms with Gasteiger partial charge in [0.2, 0.25) is 15.0 Å². The lowest BCUT2D eigenvalue weighted by Gasteiger charge is -2.22. The fraction of sp³-hybridized carbons (Fsp3) is 0.211. The van der Waals surface area contributed by atoms with Gasteiger partial charge in [-0.2, -0.15) is 4.31 Å². The van der Waals surface area contributed by atoms with Crippen molar-refractivity contribution in [1.82, 2.24) is 14.5 Å². The van der Waals surface area contributed by atoms with Crippen LogP contribution >= 0.6 is 34.5 Å². The quantitative estimate of drug-likeness (QED) is 0.572. The predicted octanol–water partition coefficient (Wildman–Crippen LogP) is 4.62. The number of carbonyl (C=O) groups excluding carboxylic acids is 1. The molecule has 2 aromatic carbocycles. The molecule has 4 rings (SSSR count). The third kappa shape index (κ3) is 4.21. The van der Waals surface area contributed by atoms with Crippen LogP contribution in [0.4, 0.5) is 5.69 Å². The van der Waals surface area contributed by atoms with E-state index in [0.29, 0.717) is 35.1 Å². The van der Waals surface area contributed by atoms with E-state index < -0.39 is 22.0 Å². The molecule has 2 heterocycles. The Hall–Kier alpha value is -2.04. The van der Waals surface area contributed by atoms with Gasteiger partial charge in [-0.1, -0.05) is 46.7 Å². The maximum absolute atomic E-state index is 13.2. The molecular weight excluding hydrogens is 467 g/mol. The van der Waals surface area contributed by atoms with Gasteiger partial charge in [0.1, 0.15) is 9.90 Å². The molecule has 0 aliphatic carbocycles. The first-order chi connectivity index (χ1) is 14.4. The number of nitrogens with one attached hydrogen (secondary N) is 1. The predicted molar refractivity (Wildman–Crippen MR) is 117 cm³/mol. The van der Waals surface area contributed by atoms with E-state index in [9.17, 15) is 13.2 Å². The van der Waals surface area contributed by atoms with Crippen molar-refractivity contribution in [2.75, 3.05) is 11.9 Å². The van der Waals surface area contributed by atoms with E-state index in [1.54, 1.807) is 42.5 Å². The SMILES string of the molecule is O=C(Nc1ccc(Cl)cc1)c1nnc(C2CCCN2S(=O)(=O)c2ccccc2Cl)s1. The molecule has 0 radical (unpaired) electrons. The normalized spacial score (nSPS) is 17.2. The van der Waals surface area contributed by atoms with Crippen molar-refractivity contribution in [3.8, 4) is 0 Å². The average molecular weight is 483 g/mol. The molecule has 3 aromatic rings. The van der Waals surface area contributed by atoms with Crippen LogP contribution in [0.5, 0.6) is 0 Å². The lowest BCUT2D eigenvalue weighted by atomic mass is 10.2. The molecule has 156 valence electrons. The number of rotatable bonds is 5. The Labute approximate surface area is 187 Å². The monoisotopic (exact) mass is 482 g/mol. The number of nitrogens with zero attached hydrogens (tertiary/aromatic N) is 3. The fourth-order valence-electron chi connectivity index (χ4n) is 3.23. The highest BCUT2D eigenvalue weighted by Crippen LogP contribution is 2.39. The van der Waals surface area contributed by atoms with Crippen LogP contribution in [0, 0.1) is 0 Å². The summed E-state index contributed by atoms with van der Waals surface area (Å²) < 4.78 is 27.7. The van der Waals surface area contributed by atoms with Crippen molar-refractivity contribution in [1.29, 1.82) is 0 Å². The van der Waals surface area contributed by atoms with E-state index >= 15 is 0 Å². The van der Waals surface area contributed by atoms with Crippen LogP contribution in [0.25, 0.3) is 0 Å². The third-order valence-corrected chi connectivity index (χ3v) is 8.33. The van der Waals surface area contributed by atoms with Gasteiger partial charge in [-0.05, 0) is 49.2 Å². The van der Waals surface area contributed by atoms with Crippen molar-refractivity contribution in [2.24, 2.45) is 0 Å². The number of hydrogen-bond acceptors (Lipinski definition) is 6. The summed E-state index contributed by atoms with van der Waals surface area (Å²) in [6.45, 7) is 0.351. The Bertz CT molecular complexity index is 1180. The first-order valence-corrected chi connectivity index (χ1v) is 12.0. The summed E-state index contributed by atoms with van der Waals surface area (Å²) in [5.41, 5.74) is 0.574. The third-order valence-electron chi connectivity index (χ3n) is 4.65. The van der Waals surface area contributed by atoms with Crippen LogP contribution in [0.2, 0.25) is 10.0 Å². The minimum Gasteiger partial charge on any atom is -0.320 e. The number of benzene rings is 2. The van der Waals surface area contributed by atoms with E-state index in [4.69, 9.17) is 23.2 Å². The van der Waals surface area contributed by atoms with E-state index in [0.717, 1.165) is 11.3 Å². The van der Waals surface area contributed by atoms with Crippen LogP contribution in [0.15, 0.2) is 53.4 Å². The summed E-state index contributed by atoms with van der Waals surface area (Å²) in [6, 6.07) is 12.5. The fourth-order valence-corrected chi connectivity index (χ4v) is 6.47. The van der Waals surface area contributed by atoms with Crippen LogP contribution in [0.3, 0.4) is 0 Å². The smallest absolute Gasteiger partial charge is 0.286 e. The molecule has 30 heavy (non-hydrogen) atoms. The van der Waals surface area contributed by atoms with Crippen molar-refractivity contribution in [3.63, 3.8) is 0 Å². The number of hydrogen-bond donors (Lipinski definition) is 1. The Morgan fingerprint density at radius 1 is 1.10 bits per heavy atom. The number of anilines is 1. The lowest BCUT2D eigenvalue weighted by molar-refractivity contribution is 0.102. The maximum atomic E-state index is 13.2. The van der Waals surface area contributed by atoms with Gasteiger partial charge in [-0.3, -0.25) is 4.79 Å². The van der Waals surface area contributed by atoms with Crippen LogP contribution in [0.1, 0.15) is 33.7 Å². The summed E-state index contributed by atoms with van der Waals surface area (Å²) in [4.78, 5) is 12.5. The minimum absolute atomic E-state index is 0.0591. The molecule has 0 saturated carbocycles. The molecule has 1 atom stereocenters. The van der Waals surface area contributed by atoms with Gasteiger partial charge in [0.15, 0.2) is 0 Å². The van der Waals surface area contributed by atoms with Crippen LogP contribution < -0.4 is 5.32 Å². The van der Waals surface area contributed by atoms with Crippen molar-refractivity contribution in [2.45, 2.75) is 23.8 Å². The molecule has 1 N–H and O–H groups in total. The molecule has 1 amide bonds. The van der Waals surface area contributed by atoms with Gasteiger partial charge in [-0.15, -0.1) is 10.2 Å². The molecule has 1 aromatic heterocycles. The van der Waals surface area contributed by atoms with Crippen molar-refractivity contribution in [3.05, 3.63) is 68.6 Å². The highest BCUT2D eigenvalue weighted by atomic mass is 35.5. The number of sulfonamides is 1. The molecule has 0 bridgehead atoms. The average Bonchev–Trinajstić information content (AvgIpc) is 3.39. The highest BCUT2D eigenvalue weighted by molar-refractivity contribution is 7.89. The lowest BCUT2D eigenvalue weighted by Crippen LogP contribution is -2.30. The number of carbonyl (C=O) groups is 1. The Morgan fingerprint density at radius 2 is 1.83 bits per heavy atom. The zero-order chi connectivity index (χ0) is 21.3. The minimum atomic E-state index is -3.80. The molecule has 1 saturated heterocycles. The first-order valence-electron chi connectivity index (χ1n) is 9.03. The van der Waals surface area contributed by atoms with Gasteiger partial charge >= 0.3 is 0 Å². The topological polar surface area (TPSA) is 92.3 Å². The maximum Gasteiger partial charge on any atom is 0.286 e. The Morgan fingerprint density at radius 3 is 2.57 bits per heavy atom. The van der Waals surface area contributed by atoms with Crippen LogP contribution in [-0.2, 0) is 10.0 Å². The standard InChI is InChI=1S/C19H16Cl2N4O3S2/c20-12-7-9-13(10-8-12)22-17(26)19-24-23-18(29-19)15-5-3-11-25(15)30(27,28)16-6-2-1-4-14(16)21/h1-2,4,6-10,15H,3,5,11H2,(H,22,26). The van der Waals surface area contributed by atoms with Gasteiger partial charge < -0.3 is 5.32 Å². The first kappa shape index (κ1) is 21.2.